The van der Waals surface area contributed by atoms with Crippen LogP contribution in [0.15, 0.2) is 0 Å². The molecular formula is C12H28N2. The maximum absolute atomic E-state index is 3.50. The molecule has 1 N–H and O–H groups in total. The Morgan fingerprint density at radius 3 is 2.21 bits per heavy atom. The minimum atomic E-state index is 0.254. The number of hydrogen-bond acceptors (Lipinski definition) is 2. The molecular weight excluding hydrogens is 172 g/mol. The Labute approximate surface area is 90.1 Å². The highest BCUT2D eigenvalue weighted by atomic mass is 15.1. The Morgan fingerprint density at radius 1 is 1.07 bits per heavy atom. The highest BCUT2D eigenvalue weighted by Crippen LogP contribution is 1.98. The molecule has 0 aromatic carbocycles. The molecule has 0 bridgehead atoms. The summed E-state index contributed by atoms with van der Waals surface area (Å²) in [6, 6.07) is 0. The number of nitrogens with zero attached hydrogens (tertiary/aromatic N) is 1. The molecule has 0 fully saturated rings. The molecule has 86 valence electrons. The molecule has 2 nitrogen and oxygen atoms in total. The number of nitrogens with one attached hydrogen (secondary N) is 1. The van der Waals surface area contributed by atoms with E-state index < -0.39 is 0 Å². The van der Waals surface area contributed by atoms with Crippen molar-refractivity contribution in [1.29, 1.82) is 0 Å². The van der Waals surface area contributed by atoms with E-state index in [9.17, 15) is 0 Å². The van der Waals surface area contributed by atoms with Crippen molar-refractivity contribution >= 4 is 0 Å². The van der Waals surface area contributed by atoms with Gasteiger partial charge >= 0.3 is 0 Å². The van der Waals surface area contributed by atoms with Gasteiger partial charge in [-0.3, -0.25) is 0 Å². The van der Waals surface area contributed by atoms with Gasteiger partial charge in [0.25, 0.3) is 0 Å². The van der Waals surface area contributed by atoms with Crippen molar-refractivity contribution < 1.29 is 0 Å². The van der Waals surface area contributed by atoms with Gasteiger partial charge in [0.1, 0.15) is 0 Å². The topological polar surface area (TPSA) is 15.3 Å². The molecule has 0 aliphatic rings. The first kappa shape index (κ1) is 13.9. The third-order valence-corrected chi connectivity index (χ3v) is 2.29. The summed E-state index contributed by atoms with van der Waals surface area (Å²) in [4.78, 5) is 2.41. The average Bonchev–Trinajstić information content (AvgIpc) is 2.02. The standard InChI is InChI=1S/C12H28N2/c1-6-7-8-10-14(5)11-9-13-12(2,3)4/h13H,6-11H2,1-5H3. The average molecular weight is 200 g/mol. The van der Waals surface area contributed by atoms with Crippen molar-refractivity contribution in [2.24, 2.45) is 0 Å². The zero-order valence-corrected chi connectivity index (χ0v) is 10.7. The van der Waals surface area contributed by atoms with Gasteiger partial charge in [-0.1, -0.05) is 19.8 Å². The lowest BCUT2D eigenvalue weighted by Crippen LogP contribution is -2.40. The van der Waals surface area contributed by atoms with Gasteiger partial charge < -0.3 is 10.2 Å². The van der Waals surface area contributed by atoms with Gasteiger partial charge in [0.05, 0.1) is 0 Å². The molecule has 0 saturated carbocycles. The second-order valence-electron chi connectivity index (χ2n) is 5.19. The monoisotopic (exact) mass is 200 g/mol. The fraction of sp³-hybridized carbons (Fsp3) is 1.00. The highest BCUT2D eigenvalue weighted by molar-refractivity contribution is 4.70. The molecule has 0 aliphatic heterocycles. The molecule has 0 atom stereocenters. The van der Waals surface area contributed by atoms with Crippen LogP contribution in [0.1, 0.15) is 47.0 Å². The van der Waals surface area contributed by atoms with Gasteiger partial charge in [0.15, 0.2) is 0 Å². The summed E-state index contributed by atoms with van der Waals surface area (Å²) >= 11 is 0. The predicted molar refractivity (Wildman–Crippen MR) is 64.8 cm³/mol. The normalized spacial score (nSPS) is 12.4. The van der Waals surface area contributed by atoms with E-state index in [1.54, 1.807) is 0 Å². The summed E-state index contributed by atoms with van der Waals surface area (Å²) in [5, 5.41) is 3.50. The van der Waals surface area contributed by atoms with Crippen LogP contribution in [0, 0.1) is 0 Å². The fourth-order valence-electron chi connectivity index (χ4n) is 1.37. The van der Waals surface area contributed by atoms with Crippen LogP contribution < -0.4 is 5.32 Å². The largest absolute Gasteiger partial charge is 0.311 e. The Morgan fingerprint density at radius 2 is 1.71 bits per heavy atom. The Hall–Kier alpha value is -0.0800. The Kier molecular flexibility index (Phi) is 7.20. The summed E-state index contributed by atoms with van der Waals surface area (Å²) in [6.45, 7) is 12.4. The zero-order valence-electron chi connectivity index (χ0n) is 10.7. The van der Waals surface area contributed by atoms with Crippen molar-refractivity contribution in [2.75, 3.05) is 26.7 Å². The smallest absolute Gasteiger partial charge is 0.0104 e. The first-order valence-electron chi connectivity index (χ1n) is 5.89. The molecule has 0 saturated heterocycles. The van der Waals surface area contributed by atoms with Crippen molar-refractivity contribution in [3.63, 3.8) is 0 Å². The molecule has 0 radical (unpaired) electrons. The predicted octanol–water partition coefficient (Wildman–Crippen LogP) is 2.50. The first-order chi connectivity index (χ1) is 6.45. The van der Waals surface area contributed by atoms with E-state index in [1.165, 1.54) is 25.8 Å². The zero-order chi connectivity index (χ0) is 11.0. The van der Waals surface area contributed by atoms with Gasteiger partial charge in [-0.15, -0.1) is 0 Å². The van der Waals surface area contributed by atoms with Crippen LogP contribution in [0.25, 0.3) is 0 Å². The van der Waals surface area contributed by atoms with Crippen molar-refractivity contribution in [1.82, 2.24) is 10.2 Å². The van der Waals surface area contributed by atoms with Crippen LogP contribution in [0.5, 0.6) is 0 Å². The second kappa shape index (κ2) is 7.24. The molecule has 0 aromatic heterocycles. The highest BCUT2D eigenvalue weighted by Gasteiger charge is 2.07. The molecule has 2 heteroatoms. The molecule has 0 rings (SSSR count). The maximum Gasteiger partial charge on any atom is 0.0104 e. The lowest BCUT2D eigenvalue weighted by atomic mass is 10.1. The molecule has 0 aliphatic carbocycles. The number of hydrogen-bond donors (Lipinski definition) is 1. The quantitative estimate of drug-likeness (QED) is 0.635. The molecule has 0 unspecified atom stereocenters. The van der Waals surface area contributed by atoms with E-state index in [2.05, 4.69) is 45.0 Å². The summed E-state index contributed by atoms with van der Waals surface area (Å²) in [5.74, 6) is 0. The summed E-state index contributed by atoms with van der Waals surface area (Å²) < 4.78 is 0. The molecule has 14 heavy (non-hydrogen) atoms. The van der Waals surface area contributed by atoms with E-state index in [4.69, 9.17) is 0 Å². The van der Waals surface area contributed by atoms with Gasteiger partial charge in [0.2, 0.25) is 0 Å². The molecule has 0 spiro atoms. The fourth-order valence-corrected chi connectivity index (χ4v) is 1.37. The van der Waals surface area contributed by atoms with E-state index in [0.717, 1.165) is 13.1 Å². The summed E-state index contributed by atoms with van der Waals surface area (Å²) in [5.41, 5.74) is 0.254. The molecule has 0 heterocycles. The molecule has 0 amide bonds. The van der Waals surface area contributed by atoms with Crippen LogP contribution in [0.2, 0.25) is 0 Å². The van der Waals surface area contributed by atoms with E-state index in [1.807, 2.05) is 0 Å². The minimum absolute atomic E-state index is 0.254. The number of likely N-dealkylation sites (N-methyl/N-ethyl adjacent to an activating group) is 1. The Balaban J connectivity index is 3.31. The van der Waals surface area contributed by atoms with E-state index in [0.29, 0.717) is 0 Å². The van der Waals surface area contributed by atoms with Crippen LogP contribution in [0.3, 0.4) is 0 Å². The van der Waals surface area contributed by atoms with E-state index >= 15 is 0 Å². The van der Waals surface area contributed by atoms with Gasteiger partial charge in [-0.2, -0.15) is 0 Å². The number of rotatable bonds is 7. The van der Waals surface area contributed by atoms with Crippen LogP contribution >= 0.6 is 0 Å². The van der Waals surface area contributed by atoms with Crippen molar-refractivity contribution in [2.45, 2.75) is 52.5 Å². The maximum atomic E-state index is 3.50. The van der Waals surface area contributed by atoms with Gasteiger partial charge in [-0.05, 0) is 40.8 Å². The Bertz CT molecular complexity index is 127. The summed E-state index contributed by atoms with van der Waals surface area (Å²) in [7, 11) is 2.21. The minimum Gasteiger partial charge on any atom is -0.311 e. The van der Waals surface area contributed by atoms with Crippen LogP contribution in [0.4, 0.5) is 0 Å². The third-order valence-electron chi connectivity index (χ3n) is 2.29. The second-order valence-corrected chi connectivity index (χ2v) is 5.19. The van der Waals surface area contributed by atoms with E-state index in [-0.39, 0.29) is 5.54 Å². The van der Waals surface area contributed by atoms with Gasteiger partial charge in [-0.25, -0.2) is 0 Å². The van der Waals surface area contributed by atoms with Crippen LogP contribution in [-0.4, -0.2) is 37.1 Å². The van der Waals surface area contributed by atoms with Crippen LogP contribution in [-0.2, 0) is 0 Å². The van der Waals surface area contributed by atoms with Crippen molar-refractivity contribution in [3.05, 3.63) is 0 Å². The molecule has 0 aromatic rings. The summed E-state index contributed by atoms with van der Waals surface area (Å²) in [6.07, 6.45) is 4.01. The van der Waals surface area contributed by atoms with Gasteiger partial charge in [0, 0.05) is 18.6 Å². The third kappa shape index (κ3) is 10.0. The van der Waals surface area contributed by atoms with Crippen molar-refractivity contribution in [3.8, 4) is 0 Å². The number of unbranched alkanes of at least 4 members (excludes halogenated alkanes) is 2. The lowest BCUT2D eigenvalue weighted by Gasteiger charge is -2.23. The lowest BCUT2D eigenvalue weighted by molar-refractivity contribution is 0.303. The first-order valence-corrected chi connectivity index (χ1v) is 5.89. The SMILES string of the molecule is CCCCCN(C)CCNC(C)(C)C.